The van der Waals surface area contributed by atoms with Gasteiger partial charge in [-0.15, -0.1) is 0 Å². The van der Waals surface area contributed by atoms with Gasteiger partial charge in [-0.05, 0) is 47.5 Å². The predicted molar refractivity (Wildman–Crippen MR) is 128 cm³/mol. The van der Waals surface area contributed by atoms with Crippen LogP contribution in [-0.4, -0.2) is 23.0 Å². The molecule has 0 saturated heterocycles. The highest BCUT2D eigenvalue weighted by atomic mass is 15.2. The van der Waals surface area contributed by atoms with Gasteiger partial charge < -0.3 is 9.29 Å². The summed E-state index contributed by atoms with van der Waals surface area (Å²) >= 11 is 0. The molecule has 2 aliphatic rings. The topological polar surface area (TPSA) is 21.1 Å². The fourth-order valence-corrected chi connectivity index (χ4v) is 5.59. The quantitative estimate of drug-likeness (QED) is 0.407. The van der Waals surface area contributed by atoms with E-state index in [0.717, 1.165) is 12.4 Å². The largest absolute Gasteiger partial charge is 0.417 e. The molecule has 0 N–H and O–H groups in total. The summed E-state index contributed by atoms with van der Waals surface area (Å²) in [7, 11) is 0. The van der Waals surface area contributed by atoms with Crippen LogP contribution < -0.4 is 10.3 Å². The smallest absolute Gasteiger partial charge is 0.391 e. The molecule has 30 heavy (non-hydrogen) atoms. The number of unbranched alkanes of at least 4 members (excludes halogenated alkanes) is 2. The number of aromatic nitrogens is 2. The van der Waals surface area contributed by atoms with E-state index in [1.54, 1.807) is 0 Å². The van der Waals surface area contributed by atoms with Gasteiger partial charge in [-0.3, -0.25) is 0 Å². The van der Waals surface area contributed by atoms with Gasteiger partial charge in [0.25, 0.3) is 0 Å². The molecule has 3 heterocycles. The molecule has 0 amide bonds. The third-order valence-corrected chi connectivity index (χ3v) is 7.12. The number of hydrogen-bond acceptors (Lipinski definition) is 2. The van der Waals surface area contributed by atoms with Crippen LogP contribution in [0.1, 0.15) is 81.2 Å². The molecule has 2 aromatic carbocycles. The maximum absolute atomic E-state index is 5.00. The van der Waals surface area contributed by atoms with E-state index in [4.69, 9.17) is 4.98 Å². The number of benzene rings is 2. The number of imidazole rings is 1. The average molecular weight is 397 g/mol. The Balaban J connectivity index is 1.80. The van der Waals surface area contributed by atoms with Gasteiger partial charge in [-0.1, -0.05) is 70.9 Å². The van der Waals surface area contributed by atoms with Gasteiger partial charge in [0.05, 0.1) is 0 Å². The minimum Gasteiger partial charge on any atom is -0.391 e. The Kier molecular flexibility index (Phi) is 4.76. The van der Waals surface area contributed by atoms with Crippen molar-refractivity contribution in [1.82, 2.24) is 9.46 Å². The van der Waals surface area contributed by atoms with Crippen molar-refractivity contribution in [2.75, 3.05) is 11.4 Å². The van der Waals surface area contributed by atoms with Gasteiger partial charge in [0.2, 0.25) is 0 Å². The van der Waals surface area contributed by atoms with Crippen LogP contribution in [0.25, 0.3) is 11.4 Å². The number of fused-ring (bicyclic) bond motifs is 4. The summed E-state index contributed by atoms with van der Waals surface area (Å²) in [5.74, 6) is 2.00. The fourth-order valence-electron chi connectivity index (χ4n) is 5.59. The van der Waals surface area contributed by atoms with Crippen LogP contribution in [0.2, 0.25) is 0 Å². The highest BCUT2D eigenvalue weighted by Gasteiger charge is 2.45. The summed E-state index contributed by atoms with van der Waals surface area (Å²) in [4.78, 5) is 7.67. The third kappa shape index (κ3) is 2.69. The van der Waals surface area contributed by atoms with E-state index < -0.39 is 0 Å². The molecule has 0 fully saturated rings. The second-order valence-corrected chi connectivity index (χ2v) is 9.35. The summed E-state index contributed by atoms with van der Waals surface area (Å²) in [6.07, 6.45) is 5.85. The summed E-state index contributed by atoms with van der Waals surface area (Å²) < 4.78 is 2.56. The van der Waals surface area contributed by atoms with Crippen molar-refractivity contribution in [3.05, 3.63) is 65.0 Å². The monoisotopic (exact) mass is 397 g/mol. The molecule has 0 bridgehead atoms. The van der Waals surface area contributed by atoms with Crippen LogP contribution in [0.5, 0.6) is 0 Å². The number of rotatable bonds is 5. The normalized spacial score (nSPS) is 16.5. The number of anilines is 1. The first kappa shape index (κ1) is 19.5. The summed E-state index contributed by atoms with van der Waals surface area (Å²) in [5.41, 5.74) is 9.78. The van der Waals surface area contributed by atoms with Crippen molar-refractivity contribution < 1.29 is 0 Å². The Morgan fingerprint density at radius 3 is 2.67 bits per heavy atom. The molecule has 0 radical (unpaired) electrons. The van der Waals surface area contributed by atoms with Gasteiger partial charge >= 0.3 is 6.98 Å². The first-order chi connectivity index (χ1) is 14.5. The lowest BCUT2D eigenvalue weighted by atomic mass is 9.55. The molecule has 4 heteroatoms. The van der Waals surface area contributed by atoms with E-state index in [0.29, 0.717) is 11.8 Å². The van der Waals surface area contributed by atoms with Crippen molar-refractivity contribution in [3.63, 3.8) is 0 Å². The summed E-state index contributed by atoms with van der Waals surface area (Å²) in [6.45, 7) is 12.8. The molecule has 0 saturated carbocycles. The standard InChI is InChI=1S/C26H32BN3/c1-6-7-8-15-29-22-14-9-11-18(4)24(22)26-28-16-23-19(5)21-13-10-12-20(17(2)3)25(21)27(29)30(23)26/h9-14,16-17,19H,6-8,15H2,1-5H3. The molecule has 1 aromatic heterocycles. The van der Waals surface area contributed by atoms with Crippen LogP contribution in [0, 0.1) is 6.92 Å². The van der Waals surface area contributed by atoms with E-state index in [1.165, 1.54) is 58.4 Å². The fraction of sp³-hybridized carbons (Fsp3) is 0.423. The molecule has 154 valence electrons. The van der Waals surface area contributed by atoms with Crippen molar-refractivity contribution >= 4 is 18.1 Å². The van der Waals surface area contributed by atoms with Crippen molar-refractivity contribution in [2.45, 2.75) is 65.7 Å². The van der Waals surface area contributed by atoms with Crippen LogP contribution in [0.3, 0.4) is 0 Å². The van der Waals surface area contributed by atoms with E-state index in [-0.39, 0.29) is 6.98 Å². The van der Waals surface area contributed by atoms with Crippen LogP contribution >= 0.6 is 0 Å². The SMILES string of the molecule is CCCCCN1B2c3c(C(C)C)cccc3C(C)c3cnc(n32)-c2c(C)cccc21. The minimum absolute atomic E-state index is 0.202. The molecule has 1 unspecified atom stereocenters. The molecule has 2 aliphatic heterocycles. The van der Waals surface area contributed by atoms with Gasteiger partial charge in [0, 0.05) is 35.6 Å². The second-order valence-electron chi connectivity index (χ2n) is 9.35. The van der Waals surface area contributed by atoms with E-state index in [1.807, 2.05) is 0 Å². The summed E-state index contributed by atoms with van der Waals surface area (Å²) in [6, 6.07) is 13.7. The Morgan fingerprint density at radius 2 is 1.90 bits per heavy atom. The van der Waals surface area contributed by atoms with Crippen LogP contribution in [0.15, 0.2) is 42.6 Å². The summed E-state index contributed by atoms with van der Waals surface area (Å²) in [5, 5.41) is 0. The number of hydrogen-bond donors (Lipinski definition) is 0. The number of aryl methyl sites for hydroxylation is 1. The third-order valence-electron chi connectivity index (χ3n) is 7.12. The Labute approximate surface area is 181 Å². The Bertz CT molecular complexity index is 1100. The molecular formula is C26H32BN3. The average Bonchev–Trinajstić information content (AvgIpc) is 3.17. The van der Waals surface area contributed by atoms with Crippen LogP contribution in [-0.2, 0) is 0 Å². The first-order valence-corrected chi connectivity index (χ1v) is 11.6. The van der Waals surface area contributed by atoms with Gasteiger partial charge in [-0.25, -0.2) is 4.98 Å². The van der Waals surface area contributed by atoms with Crippen molar-refractivity contribution in [2.24, 2.45) is 0 Å². The lowest BCUT2D eigenvalue weighted by molar-refractivity contribution is 0.716. The lowest BCUT2D eigenvalue weighted by Gasteiger charge is -2.44. The lowest BCUT2D eigenvalue weighted by Crippen LogP contribution is -2.61. The number of nitrogens with zero attached hydrogens (tertiary/aromatic N) is 3. The highest BCUT2D eigenvalue weighted by Crippen LogP contribution is 2.43. The van der Waals surface area contributed by atoms with Crippen LogP contribution in [0.4, 0.5) is 5.69 Å². The van der Waals surface area contributed by atoms with Gasteiger partial charge in [0.1, 0.15) is 5.82 Å². The van der Waals surface area contributed by atoms with Gasteiger partial charge in [-0.2, -0.15) is 0 Å². The highest BCUT2D eigenvalue weighted by molar-refractivity contribution is 6.77. The molecule has 3 aromatic rings. The molecule has 3 nitrogen and oxygen atoms in total. The second kappa shape index (κ2) is 7.33. The maximum atomic E-state index is 5.00. The Morgan fingerprint density at radius 1 is 1.10 bits per heavy atom. The zero-order valence-electron chi connectivity index (χ0n) is 18.9. The van der Waals surface area contributed by atoms with Crippen molar-refractivity contribution in [1.29, 1.82) is 0 Å². The van der Waals surface area contributed by atoms with E-state index in [2.05, 4.69) is 86.5 Å². The zero-order chi connectivity index (χ0) is 21.0. The molecular weight excluding hydrogens is 365 g/mol. The first-order valence-electron chi connectivity index (χ1n) is 11.6. The maximum Gasteiger partial charge on any atom is 0.417 e. The molecule has 1 atom stereocenters. The minimum atomic E-state index is 0.202. The Hall–Kier alpha value is -2.49. The molecule has 0 spiro atoms. The molecule has 5 rings (SSSR count). The molecule has 0 aliphatic carbocycles. The van der Waals surface area contributed by atoms with Crippen molar-refractivity contribution in [3.8, 4) is 11.4 Å². The van der Waals surface area contributed by atoms with Gasteiger partial charge in [0.15, 0.2) is 0 Å². The van der Waals surface area contributed by atoms with E-state index >= 15 is 0 Å². The van der Waals surface area contributed by atoms with E-state index in [9.17, 15) is 0 Å². The predicted octanol–water partition coefficient (Wildman–Crippen LogP) is 5.70. The zero-order valence-corrected chi connectivity index (χ0v) is 18.9.